The lowest BCUT2D eigenvalue weighted by Crippen LogP contribution is -2.21. The molecule has 1 aliphatic carbocycles. The van der Waals surface area contributed by atoms with E-state index < -0.39 is 5.95 Å². The Bertz CT molecular complexity index is 1230. The summed E-state index contributed by atoms with van der Waals surface area (Å²) in [6.07, 6.45) is 3.03. The van der Waals surface area contributed by atoms with E-state index in [4.69, 9.17) is 0 Å². The van der Waals surface area contributed by atoms with Gasteiger partial charge in [0.25, 0.3) is 0 Å². The number of fused-ring (bicyclic) bond motifs is 2. The van der Waals surface area contributed by atoms with Gasteiger partial charge in [-0.15, -0.1) is 0 Å². The van der Waals surface area contributed by atoms with Crippen molar-refractivity contribution in [2.75, 3.05) is 5.32 Å². The van der Waals surface area contributed by atoms with Crippen molar-refractivity contribution in [3.05, 3.63) is 65.4 Å². The molecule has 30 heavy (non-hydrogen) atoms. The second-order valence-corrected chi connectivity index (χ2v) is 9.04. The molecule has 3 heterocycles. The number of aryl methyl sites for hydroxylation is 1. The number of hydrogen-bond acceptors (Lipinski definition) is 3. The van der Waals surface area contributed by atoms with Crippen molar-refractivity contribution in [3.8, 4) is 11.3 Å². The standard InChI is InChI=1S/C24H26FN5/c1-24(2)9-8-18-19(13-24)28-29-23(18)16-11-21(25)27-22(12-16)26-14-17-10-15-6-4-5-7-20(15)30(17)3/h4-7,10-12H,8-9,13-14H2,1-3H3,(H,26,27)(H,28,29). The second kappa shape index (κ2) is 6.97. The third kappa shape index (κ3) is 3.36. The Morgan fingerprint density at radius 3 is 2.87 bits per heavy atom. The van der Waals surface area contributed by atoms with E-state index in [1.54, 1.807) is 0 Å². The predicted octanol–water partition coefficient (Wildman–Crippen LogP) is 5.23. The number of aromatic nitrogens is 4. The zero-order valence-electron chi connectivity index (χ0n) is 17.6. The molecule has 0 amide bonds. The average Bonchev–Trinajstić information content (AvgIpc) is 3.26. The lowest BCUT2D eigenvalue weighted by atomic mass is 9.76. The van der Waals surface area contributed by atoms with E-state index in [2.05, 4.69) is 57.1 Å². The molecule has 0 bridgehead atoms. The van der Waals surface area contributed by atoms with Gasteiger partial charge in [-0.1, -0.05) is 32.0 Å². The number of anilines is 1. The van der Waals surface area contributed by atoms with E-state index in [1.807, 2.05) is 25.2 Å². The van der Waals surface area contributed by atoms with Gasteiger partial charge in [-0.2, -0.15) is 9.49 Å². The molecule has 0 radical (unpaired) electrons. The van der Waals surface area contributed by atoms with E-state index in [0.717, 1.165) is 36.2 Å². The minimum Gasteiger partial charge on any atom is -0.364 e. The van der Waals surface area contributed by atoms with Crippen LogP contribution in [0.25, 0.3) is 22.2 Å². The molecule has 0 unspecified atom stereocenters. The van der Waals surface area contributed by atoms with E-state index >= 15 is 0 Å². The van der Waals surface area contributed by atoms with Crippen molar-refractivity contribution >= 4 is 16.7 Å². The summed E-state index contributed by atoms with van der Waals surface area (Å²) >= 11 is 0. The fourth-order valence-corrected chi connectivity index (χ4v) is 4.51. The van der Waals surface area contributed by atoms with Crippen LogP contribution < -0.4 is 5.32 Å². The molecule has 1 aliphatic rings. The molecular weight excluding hydrogens is 377 g/mol. The van der Waals surface area contributed by atoms with Gasteiger partial charge >= 0.3 is 0 Å². The Labute approximate surface area is 175 Å². The molecular formula is C24H26FN5. The fraction of sp³-hybridized carbons (Fsp3) is 0.333. The Kier molecular flexibility index (Phi) is 4.38. The maximum absolute atomic E-state index is 14.4. The van der Waals surface area contributed by atoms with Crippen LogP contribution in [-0.4, -0.2) is 19.7 Å². The lowest BCUT2D eigenvalue weighted by molar-refractivity contribution is 0.312. The summed E-state index contributed by atoms with van der Waals surface area (Å²) < 4.78 is 16.5. The first-order valence-electron chi connectivity index (χ1n) is 10.4. The van der Waals surface area contributed by atoms with E-state index in [-0.39, 0.29) is 5.41 Å². The van der Waals surface area contributed by atoms with Gasteiger partial charge < -0.3 is 9.88 Å². The molecule has 1 aromatic carbocycles. The van der Waals surface area contributed by atoms with Crippen LogP contribution in [0.2, 0.25) is 0 Å². The molecule has 4 aromatic rings. The molecule has 3 aromatic heterocycles. The number of aromatic amines is 1. The molecule has 6 heteroatoms. The third-order valence-electron chi connectivity index (χ3n) is 6.23. The fourth-order valence-electron chi connectivity index (χ4n) is 4.51. The maximum Gasteiger partial charge on any atom is 0.215 e. The summed E-state index contributed by atoms with van der Waals surface area (Å²) in [6, 6.07) is 13.8. The zero-order chi connectivity index (χ0) is 20.9. The molecule has 5 rings (SSSR count). The molecule has 154 valence electrons. The zero-order valence-corrected chi connectivity index (χ0v) is 17.6. The summed E-state index contributed by atoms with van der Waals surface area (Å²) in [5.74, 6) is 0.0167. The summed E-state index contributed by atoms with van der Waals surface area (Å²) in [7, 11) is 2.04. The highest BCUT2D eigenvalue weighted by Gasteiger charge is 2.29. The van der Waals surface area contributed by atoms with Crippen LogP contribution in [0.3, 0.4) is 0 Å². The molecule has 0 saturated heterocycles. The number of pyridine rings is 1. The molecule has 2 N–H and O–H groups in total. The largest absolute Gasteiger partial charge is 0.364 e. The minimum absolute atomic E-state index is 0.269. The van der Waals surface area contributed by atoms with Crippen molar-refractivity contribution < 1.29 is 4.39 Å². The molecule has 0 aliphatic heterocycles. The van der Waals surface area contributed by atoms with Crippen LogP contribution in [0.5, 0.6) is 0 Å². The second-order valence-electron chi connectivity index (χ2n) is 9.04. The van der Waals surface area contributed by atoms with Gasteiger partial charge in [-0.3, -0.25) is 5.10 Å². The van der Waals surface area contributed by atoms with Crippen LogP contribution in [-0.2, 0) is 26.4 Å². The Hall–Kier alpha value is -3.15. The first kappa shape index (κ1) is 18.9. The summed E-state index contributed by atoms with van der Waals surface area (Å²) in [4.78, 5) is 4.05. The SMILES string of the molecule is Cn1c(CNc2cc(-c3n[nH]c4c3CCC(C)(C)C4)cc(F)n2)cc2ccccc21. The van der Waals surface area contributed by atoms with Gasteiger partial charge in [-0.25, -0.2) is 4.98 Å². The van der Waals surface area contributed by atoms with Crippen molar-refractivity contribution in [1.82, 2.24) is 19.7 Å². The van der Waals surface area contributed by atoms with Crippen LogP contribution in [0.15, 0.2) is 42.5 Å². The first-order chi connectivity index (χ1) is 14.4. The lowest BCUT2D eigenvalue weighted by Gasteiger charge is -2.29. The van der Waals surface area contributed by atoms with Crippen molar-refractivity contribution in [2.24, 2.45) is 12.5 Å². The monoisotopic (exact) mass is 403 g/mol. The van der Waals surface area contributed by atoms with Gasteiger partial charge in [-0.05, 0) is 48.3 Å². The molecule has 0 saturated carbocycles. The van der Waals surface area contributed by atoms with Gasteiger partial charge in [0.2, 0.25) is 5.95 Å². The van der Waals surface area contributed by atoms with Crippen molar-refractivity contribution in [2.45, 2.75) is 39.7 Å². The Morgan fingerprint density at radius 2 is 2.03 bits per heavy atom. The van der Waals surface area contributed by atoms with Crippen LogP contribution >= 0.6 is 0 Å². The van der Waals surface area contributed by atoms with Gasteiger partial charge in [0.05, 0.1) is 12.2 Å². The molecule has 0 fully saturated rings. The Morgan fingerprint density at radius 1 is 1.20 bits per heavy atom. The van der Waals surface area contributed by atoms with Crippen LogP contribution in [0.4, 0.5) is 10.2 Å². The average molecular weight is 404 g/mol. The molecule has 0 atom stereocenters. The van der Waals surface area contributed by atoms with E-state index in [0.29, 0.717) is 12.4 Å². The highest BCUT2D eigenvalue weighted by atomic mass is 19.1. The Balaban J connectivity index is 1.42. The quantitative estimate of drug-likeness (QED) is 0.459. The van der Waals surface area contributed by atoms with Gasteiger partial charge in [0.1, 0.15) is 5.82 Å². The van der Waals surface area contributed by atoms with Crippen LogP contribution in [0, 0.1) is 11.4 Å². The van der Waals surface area contributed by atoms with E-state index in [1.165, 1.54) is 28.2 Å². The number of nitrogens with zero attached hydrogens (tertiary/aromatic N) is 3. The smallest absolute Gasteiger partial charge is 0.215 e. The van der Waals surface area contributed by atoms with Gasteiger partial charge in [0.15, 0.2) is 0 Å². The first-order valence-corrected chi connectivity index (χ1v) is 10.4. The topological polar surface area (TPSA) is 58.5 Å². The van der Waals surface area contributed by atoms with Crippen molar-refractivity contribution in [3.63, 3.8) is 0 Å². The van der Waals surface area contributed by atoms with Crippen molar-refractivity contribution in [1.29, 1.82) is 0 Å². The number of H-pyrrole nitrogens is 1. The number of rotatable bonds is 4. The highest BCUT2D eigenvalue weighted by molar-refractivity contribution is 5.81. The number of nitrogens with one attached hydrogen (secondary N) is 2. The number of halogens is 1. The highest BCUT2D eigenvalue weighted by Crippen LogP contribution is 2.38. The minimum atomic E-state index is -0.500. The van der Waals surface area contributed by atoms with Gasteiger partial charge in [0, 0.05) is 41.1 Å². The number of para-hydroxylation sites is 1. The number of hydrogen-bond donors (Lipinski definition) is 2. The summed E-state index contributed by atoms with van der Waals surface area (Å²) in [5.41, 5.74) is 6.54. The van der Waals surface area contributed by atoms with E-state index in [9.17, 15) is 4.39 Å². The van der Waals surface area contributed by atoms with Crippen LogP contribution in [0.1, 0.15) is 37.2 Å². The molecule has 5 nitrogen and oxygen atoms in total. The predicted molar refractivity (Wildman–Crippen MR) is 118 cm³/mol. The maximum atomic E-state index is 14.4. The summed E-state index contributed by atoms with van der Waals surface area (Å²) in [6.45, 7) is 5.11. The summed E-state index contributed by atoms with van der Waals surface area (Å²) in [5, 5.41) is 12.2. The third-order valence-corrected chi connectivity index (χ3v) is 6.23. The normalized spacial score (nSPS) is 15.3. The number of benzene rings is 1. The molecule has 0 spiro atoms.